The first-order valence-electron chi connectivity index (χ1n) is 7.73. The molecule has 2 N–H and O–H groups in total. The minimum Gasteiger partial charge on any atom is -0.465 e. The molecule has 3 unspecified atom stereocenters. The number of unbranched alkanes of at least 4 members (excludes halogenated alkanes) is 1. The van der Waals surface area contributed by atoms with E-state index in [2.05, 4.69) is 4.90 Å². The summed E-state index contributed by atoms with van der Waals surface area (Å²) in [7, 11) is 0. The van der Waals surface area contributed by atoms with Crippen molar-refractivity contribution < 1.29 is 9.53 Å². The molecule has 1 heterocycles. The van der Waals surface area contributed by atoms with Gasteiger partial charge in [0.15, 0.2) is 0 Å². The molecule has 3 atom stereocenters. The number of ether oxygens (including phenoxy) is 1. The summed E-state index contributed by atoms with van der Waals surface area (Å²) in [6, 6.07) is 0.847. The minimum absolute atomic E-state index is 0.268. The van der Waals surface area contributed by atoms with Gasteiger partial charge in [-0.2, -0.15) is 0 Å². The summed E-state index contributed by atoms with van der Waals surface area (Å²) in [4.78, 5) is 14.3. The lowest BCUT2D eigenvalue weighted by molar-refractivity contribution is -0.149. The lowest BCUT2D eigenvalue weighted by Gasteiger charge is -2.27. The van der Waals surface area contributed by atoms with Crippen LogP contribution in [0.5, 0.6) is 0 Å². The van der Waals surface area contributed by atoms with E-state index in [1.165, 1.54) is 32.4 Å². The van der Waals surface area contributed by atoms with Crippen LogP contribution in [0.2, 0.25) is 0 Å². The van der Waals surface area contributed by atoms with E-state index in [4.69, 9.17) is 10.5 Å². The number of hydrogen-bond acceptors (Lipinski definition) is 4. The molecule has 4 nitrogen and oxygen atoms in total. The van der Waals surface area contributed by atoms with E-state index in [-0.39, 0.29) is 5.97 Å². The zero-order chi connectivity index (χ0) is 13.9. The molecule has 1 aliphatic carbocycles. The number of esters is 1. The van der Waals surface area contributed by atoms with E-state index >= 15 is 0 Å². The summed E-state index contributed by atoms with van der Waals surface area (Å²) < 4.78 is 5.00. The van der Waals surface area contributed by atoms with Crippen LogP contribution in [0.4, 0.5) is 0 Å². The zero-order valence-corrected chi connectivity index (χ0v) is 12.4. The molecule has 2 bridgehead atoms. The third kappa shape index (κ3) is 3.69. The number of likely N-dealkylation sites (tertiary alicyclic amines) is 1. The first-order valence-corrected chi connectivity index (χ1v) is 7.73. The lowest BCUT2D eigenvalue weighted by atomic mass is 9.96. The van der Waals surface area contributed by atoms with Crippen LogP contribution in [0, 0.1) is 5.92 Å². The maximum Gasteiger partial charge on any atom is 0.325 e. The Hall–Kier alpha value is -0.610. The van der Waals surface area contributed by atoms with Crippen molar-refractivity contribution in [2.45, 2.75) is 64.0 Å². The molecule has 2 fully saturated rings. The summed E-state index contributed by atoms with van der Waals surface area (Å²) in [5.74, 6) is 0.694. The Morgan fingerprint density at radius 2 is 2.21 bits per heavy atom. The number of rotatable bonds is 7. The van der Waals surface area contributed by atoms with Crippen LogP contribution in [0.15, 0.2) is 0 Å². The Bertz CT molecular complexity index is 317. The standard InChI is InChI=1S/C15H28N2O2/c1-3-19-14(18)15(2,16)8-4-5-9-17-11-12-6-7-13(17)10-12/h12-13H,3-11,16H2,1-2H3. The van der Waals surface area contributed by atoms with Crippen LogP contribution in [0.25, 0.3) is 0 Å². The Balaban J connectivity index is 1.62. The predicted molar refractivity (Wildman–Crippen MR) is 75.8 cm³/mol. The van der Waals surface area contributed by atoms with Gasteiger partial charge in [0.25, 0.3) is 0 Å². The third-order valence-corrected chi connectivity index (χ3v) is 4.66. The third-order valence-electron chi connectivity index (χ3n) is 4.66. The van der Waals surface area contributed by atoms with Crippen molar-refractivity contribution in [2.75, 3.05) is 19.7 Å². The molecule has 0 aromatic rings. The Morgan fingerprint density at radius 1 is 1.42 bits per heavy atom. The smallest absolute Gasteiger partial charge is 0.325 e. The normalized spacial score (nSPS) is 29.4. The number of carbonyl (C=O) groups is 1. The van der Waals surface area contributed by atoms with Gasteiger partial charge in [-0.05, 0) is 64.8 Å². The van der Waals surface area contributed by atoms with Gasteiger partial charge in [-0.25, -0.2) is 0 Å². The van der Waals surface area contributed by atoms with Crippen molar-refractivity contribution in [1.82, 2.24) is 4.90 Å². The fourth-order valence-corrected chi connectivity index (χ4v) is 3.51. The van der Waals surface area contributed by atoms with Crippen LogP contribution in [0.1, 0.15) is 52.4 Å². The van der Waals surface area contributed by atoms with Crippen LogP contribution in [-0.2, 0) is 9.53 Å². The number of fused-ring (bicyclic) bond motifs is 2. The van der Waals surface area contributed by atoms with Crippen molar-refractivity contribution in [1.29, 1.82) is 0 Å². The molecule has 1 saturated carbocycles. The molecule has 0 aromatic heterocycles. The van der Waals surface area contributed by atoms with Crippen LogP contribution >= 0.6 is 0 Å². The molecule has 4 heteroatoms. The van der Waals surface area contributed by atoms with Gasteiger partial charge in [-0.15, -0.1) is 0 Å². The van der Waals surface area contributed by atoms with Crippen molar-refractivity contribution in [2.24, 2.45) is 11.7 Å². The van der Waals surface area contributed by atoms with Gasteiger partial charge in [-0.1, -0.05) is 0 Å². The molecule has 0 radical (unpaired) electrons. The summed E-state index contributed by atoms with van der Waals surface area (Å²) in [6.07, 6.45) is 7.09. The number of nitrogens with zero attached hydrogens (tertiary/aromatic N) is 1. The molecule has 2 rings (SSSR count). The van der Waals surface area contributed by atoms with Crippen molar-refractivity contribution >= 4 is 5.97 Å². The highest BCUT2D eigenvalue weighted by atomic mass is 16.5. The molecule has 1 saturated heterocycles. The maximum absolute atomic E-state index is 11.7. The molecule has 1 aliphatic heterocycles. The first kappa shape index (κ1) is 14.8. The first-order chi connectivity index (χ1) is 9.03. The van der Waals surface area contributed by atoms with E-state index in [0.717, 1.165) is 24.8 Å². The Morgan fingerprint density at radius 3 is 2.79 bits per heavy atom. The van der Waals surface area contributed by atoms with Gasteiger partial charge in [0, 0.05) is 12.6 Å². The number of hydrogen-bond donors (Lipinski definition) is 1. The predicted octanol–water partition coefficient (Wildman–Crippen LogP) is 1.92. The van der Waals surface area contributed by atoms with Gasteiger partial charge < -0.3 is 15.4 Å². The summed E-state index contributed by atoms with van der Waals surface area (Å²) in [5.41, 5.74) is 5.19. The van der Waals surface area contributed by atoms with Gasteiger partial charge in [0.1, 0.15) is 5.54 Å². The number of carbonyl (C=O) groups excluding carboxylic acids is 1. The molecule has 0 spiro atoms. The second-order valence-corrected chi connectivity index (χ2v) is 6.42. The average molecular weight is 268 g/mol. The van der Waals surface area contributed by atoms with Crippen LogP contribution in [-0.4, -0.2) is 42.1 Å². The van der Waals surface area contributed by atoms with E-state index in [1.54, 1.807) is 6.92 Å². The number of nitrogens with two attached hydrogens (primary N) is 1. The average Bonchev–Trinajstić information content (AvgIpc) is 2.97. The van der Waals surface area contributed by atoms with E-state index < -0.39 is 5.54 Å². The molecule has 110 valence electrons. The Kier molecular flexibility index (Phi) is 4.85. The molecule has 0 amide bonds. The zero-order valence-electron chi connectivity index (χ0n) is 12.4. The summed E-state index contributed by atoms with van der Waals surface area (Å²) in [5, 5.41) is 0. The highest BCUT2D eigenvalue weighted by Crippen LogP contribution is 2.37. The van der Waals surface area contributed by atoms with E-state index in [0.29, 0.717) is 13.0 Å². The topological polar surface area (TPSA) is 55.6 Å². The SMILES string of the molecule is CCOC(=O)C(C)(N)CCCCN1CC2CCC1C2. The molecule has 2 aliphatic rings. The molecular weight excluding hydrogens is 240 g/mol. The fourth-order valence-electron chi connectivity index (χ4n) is 3.51. The lowest BCUT2D eigenvalue weighted by Crippen LogP contribution is -2.46. The van der Waals surface area contributed by atoms with E-state index in [1.807, 2.05) is 6.92 Å². The highest BCUT2D eigenvalue weighted by molar-refractivity contribution is 5.79. The second kappa shape index (κ2) is 6.23. The van der Waals surface area contributed by atoms with Crippen molar-refractivity contribution in [3.8, 4) is 0 Å². The van der Waals surface area contributed by atoms with Gasteiger partial charge >= 0.3 is 5.97 Å². The van der Waals surface area contributed by atoms with Gasteiger partial charge in [0.2, 0.25) is 0 Å². The van der Waals surface area contributed by atoms with Crippen molar-refractivity contribution in [3.63, 3.8) is 0 Å². The van der Waals surface area contributed by atoms with Crippen LogP contribution < -0.4 is 5.73 Å². The molecule has 0 aromatic carbocycles. The highest BCUT2D eigenvalue weighted by Gasteiger charge is 2.37. The summed E-state index contributed by atoms with van der Waals surface area (Å²) in [6.45, 7) is 6.46. The second-order valence-electron chi connectivity index (χ2n) is 6.42. The Labute approximate surface area is 116 Å². The maximum atomic E-state index is 11.7. The monoisotopic (exact) mass is 268 g/mol. The quantitative estimate of drug-likeness (QED) is 0.566. The van der Waals surface area contributed by atoms with Crippen LogP contribution in [0.3, 0.4) is 0 Å². The largest absolute Gasteiger partial charge is 0.465 e. The minimum atomic E-state index is -0.819. The fraction of sp³-hybridized carbons (Fsp3) is 0.933. The summed E-state index contributed by atoms with van der Waals surface area (Å²) >= 11 is 0. The molecule has 19 heavy (non-hydrogen) atoms. The van der Waals surface area contributed by atoms with Gasteiger partial charge in [0.05, 0.1) is 6.61 Å². The molecular formula is C15H28N2O2. The van der Waals surface area contributed by atoms with Gasteiger partial charge in [-0.3, -0.25) is 4.79 Å². The van der Waals surface area contributed by atoms with E-state index in [9.17, 15) is 4.79 Å². The number of piperidine rings is 1. The van der Waals surface area contributed by atoms with Crippen molar-refractivity contribution in [3.05, 3.63) is 0 Å².